The summed E-state index contributed by atoms with van der Waals surface area (Å²) in [4.78, 5) is 24.3. The topological polar surface area (TPSA) is 82.7 Å². The second-order valence-electron chi connectivity index (χ2n) is 9.84. The number of rotatable bonds is 4. The second kappa shape index (κ2) is 7.81. The summed E-state index contributed by atoms with van der Waals surface area (Å²) in [6.07, 6.45) is 1.40. The van der Waals surface area contributed by atoms with Gasteiger partial charge in [-0.25, -0.2) is 23.1 Å². The van der Waals surface area contributed by atoms with E-state index in [2.05, 4.69) is 9.97 Å². The lowest BCUT2D eigenvalue weighted by Crippen LogP contribution is -2.44. The average molecular weight is 486 g/mol. The molecular weight excluding hydrogens is 461 g/mol. The van der Waals surface area contributed by atoms with Crippen LogP contribution in [0.15, 0.2) is 47.1 Å². The highest BCUT2D eigenvalue weighted by Crippen LogP contribution is 2.46. The number of aromatic nitrogens is 2. The highest BCUT2D eigenvalue weighted by molar-refractivity contribution is 6.01. The molecule has 0 radical (unpaired) electrons. The van der Waals surface area contributed by atoms with Crippen molar-refractivity contribution in [1.29, 1.82) is 0 Å². The van der Waals surface area contributed by atoms with Crippen LogP contribution in [0.25, 0.3) is 11.3 Å². The van der Waals surface area contributed by atoms with Crippen LogP contribution in [0, 0.1) is 12.7 Å². The van der Waals surface area contributed by atoms with Gasteiger partial charge >= 0.3 is 0 Å². The Bertz CT molecular complexity index is 1270. The smallest absolute Gasteiger partial charge is 0.257 e. The number of amides is 1. The lowest BCUT2D eigenvalue weighted by molar-refractivity contribution is 0.0491. The number of halogens is 3. The minimum Gasteiger partial charge on any atom is -0.464 e. The summed E-state index contributed by atoms with van der Waals surface area (Å²) in [5.74, 6) is -1.21. The maximum atomic E-state index is 16.0. The van der Waals surface area contributed by atoms with E-state index >= 15 is 8.78 Å². The number of carbonyl (C=O) groups is 1. The molecule has 35 heavy (non-hydrogen) atoms. The Morgan fingerprint density at radius 3 is 2.37 bits per heavy atom. The van der Waals surface area contributed by atoms with Crippen molar-refractivity contribution < 1.29 is 27.5 Å². The zero-order valence-corrected chi connectivity index (χ0v) is 19.6. The van der Waals surface area contributed by atoms with Crippen molar-refractivity contribution in [1.82, 2.24) is 14.9 Å². The van der Waals surface area contributed by atoms with E-state index in [0.717, 1.165) is 11.0 Å². The molecule has 2 aromatic heterocycles. The quantitative estimate of drug-likeness (QED) is 0.604. The second-order valence-corrected chi connectivity index (χ2v) is 9.84. The van der Waals surface area contributed by atoms with Gasteiger partial charge in [0, 0.05) is 11.3 Å². The van der Waals surface area contributed by atoms with E-state index in [-0.39, 0.29) is 35.9 Å². The largest absolute Gasteiger partial charge is 0.464 e. The Hall–Kier alpha value is -3.40. The van der Waals surface area contributed by atoms with Gasteiger partial charge in [-0.1, -0.05) is 12.1 Å². The number of furan rings is 1. The normalized spacial score (nSPS) is 24.2. The number of hydrogen-bond donors (Lipinski definition) is 1. The van der Waals surface area contributed by atoms with Crippen LogP contribution in [0.3, 0.4) is 0 Å². The van der Waals surface area contributed by atoms with Crippen molar-refractivity contribution in [2.24, 2.45) is 0 Å². The first-order chi connectivity index (χ1) is 16.4. The van der Waals surface area contributed by atoms with Crippen molar-refractivity contribution in [3.63, 3.8) is 0 Å². The molecule has 0 aliphatic carbocycles. The molecule has 1 N–H and O–H groups in total. The van der Waals surface area contributed by atoms with Crippen LogP contribution in [0.2, 0.25) is 0 Å². The van der Waals surface area contributed by atoms with E-state index in [1.807, 2.05) is 0 Å². The standard InChI is InChI=1S/C25H25F3N4O3/c1-15-10-19(23(2,3)34)30-22(29-15)32-13-24(27)11-31(12-25(24,28)14-32)21(33)20-16(6-4-7-17(20)26)18-8-5-9-35-18/h4-10,34H,11-14H2,1-3H3/t24-,25+. The summed E-state index contributed by atoms with van der Waals surface area (Å²) < 4.78 is 52.1. The molecule has 2 saturated heterocycles. The molecule has 2 atom stereocenters. The molecule has 2 fully saturated rings. The average Bonchev–Trinajstić information content (AvgIpc) is 3.44. The van der Waals surface area contributed by atoms with Crippen LogP contribution in [0.4, 0.5) is 19.1 Å². The van der Waals surface area contributed by atoms with Crippen LogP contribution >= 0.6 is 0 Å². The van der Waals surface area contributed by atoms with Gasteiger partial charge < -0.3 is 19.3 Å². The molecule has 7 nitrogen and oxygen atoms in total. The number of nitrogens with zero attached hydrogens (tertiary/aromatic N) is 4. The molecule has 0 unspecified atom stereocenters. The summed E-state index contributed by atoms with van der Waals surface area (Å²) in [6, 6.07) is 8.90. The van der Waals surface area contributed by atoms with Gasteiger partial charge in [0.2, 0.25) is 5.95 Å². The Kier molecular flexibility index (Phi) is 5.21. The number of alkyl halides is 2. The molecule has 0 bridgehead atoms. The van der Waals surface area contributed by atoms with E-state index in [1.54, 1.807) is 39.0 Å². The van der Waals surface area contributed by atoms with Crippen LogP contribution in [-0.4, -0.2) is 63.4 Å². The highest BCUT2D eigenvalue weighted by Gasteiger charge is 2.67. The molecular formula is C25H25F3N4O3. The van der Waals surface area contributed by atoms with Crippen LogP contribution in [-0.2, 0) is 5.60 Å². The van der Waals surface area contributed by atoms with Gasteiger partial charge in [-0.05, 0) is 45.0 Å². The zero-order chi connectivity index (χ0) is 25.2. The third-order valence-corrected chi connectivity index (χ3v) is 6.62. The minimum atomic E-state index is -2.40. The summed E-state index contributed by atoms with van der Waals surface area (Å²) in [5, 5.41) is 10.3. The highest BCUT2D eigenvalue weighted by atomic mass is 19.2. The third-order valence-electron chi connectivity index (χ3n) is 6.62. The number of fused-ring (bicyclic) bond motifs is 1. The van der Waals surface area contributed by atoms with Crippen LogP contribution in [0.5, 0.6) is 0 Å². The van der Waals surface area contributed by atoms with E-state index in [9.17, 15) is 14.3 Å². The fourth-order valence-electron chi connectivity index (χ4n) is 4.82. The number of benzene rings is 1. The third kappa shape index (κ3) is 3.85. The molecule has 4 heterocycles. The maximum Gasteiger partial charge on any atom is 0.257 e. The van der Waals surface area contributed by atoms with E-state index in [0.29, 0.717) is 11.4 Å². The first-order valence-corrected chi connectivity index (χ1v) is 11.2. The molecule has 184 valence electrons. The molecule has 0 saturated carbocycles. The molecule has 1 aromatic carbocycles. The SMILES string of the molecule is Cc1cc(C(C)(C)O)nc(N2C[C@]3(F)CN(C(=O)c4c(F)cccc4-c4ccco4)C[C@]3(F)C2)n1. The summed E-state index contributed by atoms with van der Waals surface area (Å²) in [7, 11) is 0. The van der Waals surface area contributed by atoms with Crippen molar-refractivity contribution in [2.45, 2.75) is 37.7 Å². The van der Waals surface area contributed by atoms with E-state index in [4.69, 9.17) is 4.42 Å². The van der Waals surface area contributed by atoms with Crippen molar-refractivity contribution >= 4 is 11.9 Å². The number of likely N-dealkylation sites (tertiary alicyclic amines) is 1. The lowest BCUT2D eigenvalue weighted by Gasteiger charge is -2.25. The number of aliphatic hydroxyl groups is 1. The van der Waals surface area contributed by atoms with Gasteiger partial charge in [-0.2, -0.15) is 0 Å². The van der Waals surface area contributed by atoms with Gasteiger partial charge in [-0.15, -0.1) is 0 Å². The van der Waals surface area contributed by atoms with Gasteiger partial charge in [0.05, 0.1) is 43.7 Å². The van der Waals surface area contributed by atoms with Gasteiger partial charge in [0.25, 0.3) is 5.91 Å². The van der Waals surface area contributed by atoms with Crippen molar-refractivity contribution in [2.75, 3.05) is 31.1 Å². The number of anilines is 1. The Labute approximate surface area is 200 Å². The summed E-state index contributed by atoms with van der Waals surface area (Å²) in [5.41, 5.74) is -5.25. The first-order valence-electron chi connectivity index (χ1n) is 11.2. The van der Waals surface area contributed by atoms with Gasteiger partial charge in [0.15, 0.2) is 11.3 Å². The van der Waals surface area contributed by atoms with Crippen molar-refractivity contribution in [3.8, 4) is 11.3 Å². The maximum absolute atomic E-state index is 16.0. The first kappa shape index (κ1) is 23.3. The Morgan fingerprint density at radius 2 is 1.77 bits per heavy atom. The molecule has 2 aliphatic heterocycles. The summed E-state index contributed by atoms with van der Waals surface area (Å²) in [6.45, 7) is 2.97. The zero-order valence-electron chi connectivity index (χ0n) is 19.6. The number of hydrogen-bond acceptors (Lipinski definition) is 6. The molecule has 1 amide bonds. The van der Waals surface area contributed by atoms with Crippen LogP contribution in [0.1, 0.15) is 35.6 Å². The molecule has 3 aromatic rings. The van der Waals surface area contributed by atoms with E-state index in [1.165, 1.54) is 23.3 Å². The molecule has 2 aliphatic rings. The van der Waals surface area contributed by atoms with Gasteiger partial charge in [0.1, 0.15) is 17.2 Å². The van der Waals surface area contributed by atoms with E-state index < -0.39 is 41.8 Å². The predicted octanol–water partition coefficient (Wildman–Crippen LogP) is 3.80. The molecule has 10 heteroatoms. The summed E-state index contributed by atoms with van der Waals surface area (Å²) >= 11 is 0. The van der Waals surface area contributed by atoms with Gasteiger partial charge in [-0.3, -0.25) is 4.79 Å². The number of aryl methyl sites for hydroxylation is 1. The van der Waals surface area contributed by atoms with Crippen molar-refractivity contribution in [3.05, 3.63) is 65.4 Å². The van der Waals surface area contributed by atoms with Crippen LogP contribution < -0.4 is 4.90 Å². The fraction of sp³-hybridized carbons (Fsp3) is 0.400. The molecule has 0 spiro atoms. The fourth-order valence-corrected chi connectivity index (χ4v) is 4.82. The number of carbonyl (C=O) groups excluding carboxylic acids is 1. The predicted molar refractivity (Wildman–Crippen MR) is 122 cm³/mol. The minimum absolute atomic E-state index is 0.109. The molecule has 5 rings (SSSR count). The monoisotopic (exact) mass is 486 g/mol. The Morgan fingerprint density at radius 1 is 1.09 bits per heavy atom. The Balaban J connectivity index is 1.42. The lowest BCUT2D eigenvalue weighted by atomic mass is 9.94.